The summed E-state index contributed by atoms with van der Waals surface area (Å²) in [6.07, 6.45) is 6.10. The predicted octanol–water partition coefficient (Wildman–Crippen LogP) is 3.27. The van der Waals surface area contributed by atoms with Crippen molar-refractivity contribution in [2.75, 3.05) is 0 Å². The first-order valence-electron chi connectivity index (χ1n) is 4.75. The van der Waals surface area contributed by atoms with Crippen LogP contribution in [0.25, 0.3) is 11.0 Å². The van der Waals surface area contributed by atoms with Crippen molar-refractivity contribution in [1.29, 1.82) is 0 Å². The Morgan fingerprint density at radius 3 is 2.50 bits per heavy atom. The van der Waals surface area contributed by atoms with Crippen molar-refractivity contribution in [2.24, 2.45) is 0 Å². The van der Waals surface area contributed by atoms with Crippen LogP contribution in [0, 0.1) is 0 Å². The van der Waals surface area contributed by atoms with Crippen LogP contribution in [0.15, 0.2) is 29.0 Å². The third-order valence-electron chi connectivity index (χ3n) is 2.62. The molecule has 0 amide bonds. The Kier molecular flexibility index (Phi) is 1.80. The van der Waals surface area contributed by atoms with Crippen molar-refractivity contribution >= 4 is 27.0 Å². The molecule has 0 bridgehead atoms. The molecule has 1 aliphatic carbocycles. The van der Waals surface area contributed by atoms with Gasteiger partial charge in [0.2, 0.25) is 0 Å². The number of halogens is 1. The van der Waals surface area contributed by atoms with Gasteiger partial charge in [-0.3, -0.25) is 9.97 Å². The van der Waals surface area contributed by atoms with Gasteiger partial charge in [0.25, 0.3) is 0 Å². The van der Waals surface area contributed by atoms with Gasteiger partial charge >= 0.3 is 0 Å². The molecule has 2 aromatic rings. The quantitative estimate of drug-likeness (QED) is 0.775. The first-order chi connectivity index (χ1) is 6.86. The zero-order valence-electron chi connectivity index (χ0n) is 7.57. The lowest BCUT2D eigenvalue weighted by Gasteiger charge is -2.04. The normalized spacial score (nSPS) is 16.1. The molecular weight excluding hydrogens is 240 g/mol. The van der Waals surface area contributed by atoms with Crippen LogP contribution in [0.3, 0.4) is 0 Å². The second-order valence-corrected chi connectivity index (χ2v) is 4.52. The summed E-state index contributed by atoms with van der Waals surface area (Å²) in [6.45, 7) is 0. The Balaban J connectivity index is 2.35. The second kappa shape index (κ2) is 3.02. The van der Waals surface area contributed by atoms with Crippen LogP contribution < -0.4 is 0 Å². The third kappa shape index (κ3) is 1.23. The number of hydrogen-bond donors (Lipinski definition) is 0. The van der Waals surface area contributed by atoms with Crippen molar-refractivity contribution in [3.8, 4) is 0 Å². The van der Waals surface area contributed by atoms with Crippen LogP contribution in [0.2, 0.25) is 0 Å². The third-order valence-corrected chi connectivity index (χ3v) is 3.26. The largest absolute Gasteiger partial charge is 0.253 e. The number of rotatable bonds is 1. The fourth-order valence-corrected chi connectivity index (χ4v) is 2.19. The van der Waals surface area contributed by atoms with Gasteiger partial charge in [0.05, 0.1) is 5.52 Å². The maximum absolute atomic E-state index is 4.41. The molecule has 1 aromatic heterocycles. The minimum Gasteiger partial charge on any atom is -0.253 e. The van der Waals surface area contributed by atoms with E-state index < -0.39 is 0 Å². The first kappa shape index (κ1) is 8.36. The molecule has 3 rings (SSSR count). The zero-order valence-corrected chi connectivity index (χ0v) is 9.16. The van der Waals surface area contributed by atoms with Gasteiger partial charge in [0.15, 0.2) is 0 Å². The maximum Gasteiger partial charge on any atom is 0.103 e. The van der Waals surface area contributed by atoms with E-state index in [9.17, 15) is 0 Å². The summed E-state index contributed by atoms with van der Waals surface area (Å²) in [7, 11) is 0. The van der Waals surface area contributed by atoms with E-state index >= 15 is 0 Å². The van der Waals surface area contributed by atoms with E-state index in [-0.39, 0.29) is 0 Å². The van der Waals surface area contributed by atoms with Gasteiger partial charge in [-0.25, -0.2) is 0 Å². The van der Waals surface area contributed by atoms with Gasteiger partial charge in [0, 0.05) is 16.9 Å². The summed E-state index contributed by atoms with van der Waals surface area (Å²) in [5, 5.41) is 0. The van der Waals surface area contributed by atoms with Crippen molar-refractivity contribution in [3.05, 3.63) is 34.6 Å². The lowest BCUT2D eigenvalue weighted by molar-refractivity contribution is 1.12. The summed E-state index contributed by atoms with van der Waals surface area (Å²) in [4.78, 5) is 8.75. The van der Waals surface area contributed by atoms with Crippen LogP contribution in [-0.2, 0) is 0 Å². The molecule has 1 heterocycles. The summed E-state index contributed by atoms with van der Waals surface area (Å²) < 4.78 is 1.03. The Labute approximate surface area is 90.5 Å². The van der Waals surface area contributed by atoms with Crippen molar-refractivity contribution < 1.29 is 0 Å². The van der Waals surface area contributed by atoms with Crippen molar-refractivity contribution in [2.45, 2.75) is 18.8 Å². The molecule has 0 atom stereocenters. The molecule has 14 heavy (non-hydrogen) atoms. The van der Waals surface area contributed by atoms with Gasteiger partial charge in [0.1, 0.15) is 5.52 Å². The van der Waals surface area contributed by atoms with E-state index in [1.54, 1.807) is 12.4 Å². The fourth-order valence-electron chi connectivity index (χ4n) is 1.77. The highest BCUT2D eigenvalue weighted by molar-refractivity contribution is 9.10. The topological polar surface area (TPSA) is 25.8 Å². The van der Waals surface area contributed by atoms with Crippen LogP contribution >= 0.6 is 15.9 Å². The van der Waals surface area contributed by atoms with Crippen LogP contribution in [0.5, 0.6) is 0 Å². The summed E-state index contributed by atoms with van der Waals surface area (Å²) >= 11 is 3.50. The maximum atomic E-state index is 4.41. The van der Waals surface area contributed by atoms with E-state index in [4.69, 9.17) is 0 Å². The van der Waals surface area contributed by atoms with E-state index in [0.29, 0.717) is 0 Å². The average Bonchev–Trinajstić information content (AvgIpc) is 3.03. The highest BCUT2D eigenvalue weighted by atomic mass is 79.9. The lowest BCUT2D eigenvalue weighted by Crippen LogP contribution is -1.89. The molecule has 0 spiro atoms. The monoisotopic (exact) mass is 248 g/mol. The standard InChI is InChI=1S/C11H9BrN2/c12-9-4-3-8(7-1-2-7)10-11(9)14-6-5-13-10/h3-7H,1-2H2. The predicted molar refractivity (Wildman–Crippen MR) is 59.2 cm³/mol. The average molecular weight is 249 g/mol. The second-order valence-electron chi connectivity index (χ2n) is 3.66. The Morgan fingerprint density at radius 2 is 1.79 bits per heavy atom. The molecule has 2 nitrogen and oxygen atoms in total. The molecule has 0 unspecified atom stereocenters. The molecular formula is C11H9BrN2. The van der Waals surface area contributed by atoms with Crippen LogP contribution in [0.1, 0.15) is 24.3 Å². The molecule has 0 radical (unpaired) electrons. The van der Waals surface area contributed by atoms with Crippen molar-refractivity contribution in [3.63, 3.8) is 0 Å². The molecule has 0 saturated heterocycles. The Bertz CT molecular complexity index is 492. The minimum atomic E-state index is 0.724. The number of hydrogen-bond acceptors (Lipinski definition) is 2. The number of nitrogens with zero attached hydrogens (tertiary/aromatic N) is 2. The number of aromatic nitrogens is 2. The van der Waals surface area contributed by atoms with Gasteiger partial charge in [-0.15, -0.1) is 0 Å². The first-order valence-corrected chi connectivity index (χ1v) is 5.54. The summed E-state index contributed by atoms with van der Waals surface area (Å²) in [5.74, 6) is 0.724. The van der Waals surface area contributed by atoms with Gasteiger partial charge < -0.3 is 0 Å². The number of fused-ring (bicyclic) bond motifs is 1. The van der Waals surface area contributed by atoms with E-state index in [2.05, 4.69) is 38.0 Å². The molecule has 3 heteroatoms. The molecule has 1 fully saturated rings. The SMILES string of the molecule is Brc1ccc(C2CC2)c2nccnc12. The molecule has 70 valence electrons. The van der Waals surface area contributed by atoms with Crippen molar-refractivity contribution in [1.82, 2.24) is 9.97 Å². The fraction of sp³-hybridized carbons (Fsp3) is 0.273. The van der Waals surface area contributed by atoms with Gasteiger partial charge in [-0.1, -0.05) is 6.07 Å². The molecule has 1 aromatic carbocycles. The highest BCUT2D eigenvalue weighted by Gasteiger charge is 2.26. The zero-order chi connectivity index (χ0) is 9.54. The summed E-state index contributed by atoms with van der Waals surface area (Å²) in [5.41, 5.74) is 3.40. The van der Waals surface area contributed by atoms with Crippen LogP contribution in [-0.4, -0.2) is 9.97 Å². The van der Waals surface area contributed by atoms with Gasteiger partial charge in [-0.05, 0) is 46.3 Å². The molecule has 0 N–H and O–H groups in total. The van der Waals surface area contributed by atoms with E-state index in [0.717, 1.165) is 21.4 Å². The lowest BCUT2D eigenvalue weighted by atomic mass is 10.1. The highest BCUT2D eigenvalue weighted by Crippen LogP contribution is 2.43. The minimum absolute atomic E-state index is 0.724. The van der Waals surface area contributed by atoms with Crippen LogP contribution in [0.4, 0.5) is 0 Å². The molecule has 1 saturated carbocycles. The molecule has 0 aliphatic heterocycles. The smallest absolute Gasteiger partial charge is 0.103 e. The number of benzene rings is 1. The Morgan fingerprint density at radius 1 is 1.07 bits per heavy atom. The van der Waals surface area contributed by atoms with E-state index in [1.165, 1.54) is 18.4 Å². The molecule has 1 aliphatic rings. The Hall–Kier alpha value is -0.960. The summed E-state index contributed by atoms with van der Waals surface area (Å²) in [6, 6.07) is 4.24. The van der Waals surface area contributed by atoms with Gasteiger partial charge in [-0.2, -0.15) is 0 Å². The van der Waals surface area contributed by atoms with E-state index in [1.807, 2.05) is 0 Å².